The topological polar surface area (TPSA) is 99.8 Å². The molecule has 0 spiro atoms. The van der Waals surface area contributed by atoms with Crippen LogP contribution >= 0.6 is 0 Å². The first-order chi connectivity index (χ1) is 13.8. The van der Waals surface area contributed by atoms with Crippen LogP contribution in [-0.2, 0) is 6.42 Å². The van der Waals surface area contributed by atoms with Gasteiger partial charge in [0.15, 0.2) is 16.9 Å². The number of aromatic nitrogens is 1. The van der Waals surface area contributed by atoms with Crippen LogP contribution in [0.25, 0.3) is 21.8 Å². The maximum absolute atomic E-state index is 13.5. The van der Waals surface area contributed by atoms with Crippen molar-refractivity contribution in [1.82, 2.24) is 4.57 Å². The Hall–Kier alpha value is -3.80. The van der Waals surface area contributed by atoms with Crippen LogP contribution in [0.1, 0.15) is 28.4 Å². The number of aromatic hydroxyl groups is 3. The summed E-state index contributed by atoms with van der Waals surface area (Å²) in [5.74, 6) is -2.60. The van der Waals surface area contributed by atoms with Crippen molar-refractivity contribution in [1.29, 1.82) is 0 Å². The summed E-state index contributed by atoms with van der Waals surface area (Å²) in [6, 6.07) is 13.2. The van der Waals surface area contributed by atoms with E-state index in [9.17, 15) is 24.9 Å². The lowest BCUT2D eigenvalue weighted by molar-refractivity contribution is 0.0968. The quantitative estimate of drug-likeness (QED) is 0.357. The molecule has 4 rings (SSSR count). The molecule has 1 heterocycles. The predicted molar refractivity (Wildman–Crippen MR) is 111 cm³/mol. The molecule has 0 aliphatic carbocycles. The molecule has 4 aromatic rings. The highest BCUT2D eigenvalue weighted by Gasteiger charge is 2.23. The van der Waals surface area contributed by atoms with Gasteiger partial charge in [-0.2, -0.15) is 0 Å². The van der Waals surface area contributed by atoms with Crippen LogP contribution in [0.4, 0.5) is 0 Å². The molecule has 0 radical (unpaired) electrons. The Bertz CT molecular complexity index is 1370. The molecule has 29 heavy (non-hydrogen) atoms. The molecule has 3 aromatic carbocycles. The average molecular weight is 389 g/mol. The number of rotatable bonds is 2. The van der Waals surface area contributed by atoms with E-state index in [4.69, 9.17) is 0 Å². The van der Waals surface area contributed by atoms with Crippen LogP contribution in [0.5, 0.6) is 17.2 Å². The van der Waals surface area contributed by atoms with E-state index in [2.05, 4.69) is 0 Å². The highest BCUT2D eigenvalue weighted by molar-refractivity contribution is 6.10. The monoisotopic (exact) mass is 389 g/mol. The van der Waals surface area contributed by atoms with E-state index in [-0.39, 0.29) is 16.3 Å². The molecule has 0 fully saturated rings. The maximum atomic E-state index is 13.5. The van der Waals surface area contributed by atoms with Gasteiger partial charge in [-0.05, 0) is 54.8 Å². The van der Waals surface area contributed by atoms with Crippen molar-refractivity contribution >= 4 is 27.7 Å². The Labute approximate surface area is 165 Å². The van der Waals surface area contributed by atoms with E-state index >= 15 is 0 Å². The highest BCUT2D eigenvalue weighted by atomic mass is 16.3. The SMILES string of the molecule is CCc1cccc(C(=O)n2c3cc(C)ccc3c(=O)c3cc(O)c(O)c(O)c32)c1. The molecule has 6 heteroatoms. The number of carbonyl (C=O) groups is 1. The standard InChI is InChI=1S/C23H19NO5/c1-3-13-5-4-6-14(10-13)23(29)24-17-9-12(2)7-8-15(17)20(26)16-11-18(25)21(27)22(28)19(16)24/h4-11,25,27-28H,3H2,1-2H3. The minimum absolute atomic E-state index is 0.0610. The molecule has 3 N–H and O–H groups in total. The molecule has 146 valence electrons. The largest absolute Gasteiger partial charge is 0.504 e. The fourth-order valence-corrected chi connectivity index (χ4v) is 3.58. The van der Waals surface area contributed by atoms with Gasteiger partial charge in [0.05, 0.1) is 10.9 Å². The third kappa shape index (κ3) is 2.81. The zero-order valence-electron chi connectivity index (χ0n) is 15.9. The smallest absolute Gasteiger partial charge is 0.263 e. The van der Waals surface area contributed by atoms with Gasteiger partial charge in [-0.15, -0.1) is 0 Å². The Kier molecular flexibility index (Phi) is 4.27. The fraction of sp³-hybridized carbons (Fsp3) is 0.130. The van der Waals surface area contributed by atoms with Crippen molar-refractivity contribution in [3.05, 3.63) is 75.4 Å². The Balaban J connectivity index is 2.21. The van der Waals surface area contributed by atoms with E-state index < -0.39 is 28.6 Å². The summed E-state index contributed by atoms with van der Waals surface area (Å²) in [4.78, 5) is 26.5. The first kappa shape index (κ1) is 18.6. The Morgan fingerprint density at radius 2 is 1.72 bits per heavy atom. The summed E-state index contributed by atoms with van der Waals surface area (Å²) in [7, 11) is 0. The van der Waals surface area contributed by atoms with Crippen molar-refractivity contribution in [2.24, 2.45) is 0 Å². The molecular weight excluding hydrogens is 370 g/mol. The number of phenolic OH excluding ortho intramolecular Hbond substituents is 3. The molecule has 0 bridgehead atoms. The molecule has 0 saturated heterocycles. The molecule has 1 aromatic heterocycles. The Morgan fingerprint density at radius 3 is 2.45 bits per heavy atom. The number of pyridine rings is 1. The zero-order chi connectivity index (χ0) is 20.9. The van der Waals surface area contributed by atoms with Gasteiger partial charge >= 0.3 is 0 Å². The third-order valence-corrected chi connectivity index (χ3v) is 5.12. The van der Waals surface area contributed by atoms with Crippen molar-refractivity contribution < 1.29 is 20.1 Å². The van der Waals surface area contributed by atoms with Gasteiger partial charge in [-0.1, -0.05) is 25.1 Å². The van der Waals surface area contributed by atoms with E-state index in [1.54, 1.807) is 36.4 Å². The minimum Gasteiger partial charge on any atom is -0.504 e. The second-order valence-electron chi connectivity index (χ2n) is 7.03. The van der Waals surface area contributed by atoms with Crippen LogP contribution in [0, 0.1) is 6.92 Å². The maximum Gasteiger partial charge on any atom is 0.263 e. The highest BCUT2D eigenvalue weighted by Crippen LogP contribution is 2.41. The van der Waals surface area contributed by atoms with Crippen molar-refractivity contribution in [2.75, 3.05) is 0 Å². The first-order valence-corrected chi connectivity index (χ1v) is 9.20. The number of phenols is 3. The molecule has 0 atom stereocenters. The normalized spacial score (nSPS) is 11.2. The van der Waals surface area contributed by atoms with Gasteiger partial charge in [0.25, 0.3) is 5.91 Å². The van der Waals surface area contributed by atoms with Crippen LogP contribution in [0.15, 0.2) is 53.3 Å². The molecule has 6 nitrogen and oxygen atoms in total. The van der Waals surface area contributed by atoms with Crippen molar-refractivity contribution in [3.63, 3.8) is 0 Å². The summed E-state index contributed by atoms with van der Waals surface area (Å²) in [5, 5.41) is 30.7. The van der Waals surface area contributed by atoms with Crippen molar-refractivity contribution in [2.45, 2.75) is 20.3 Å². The van der Waals surface area contributed by atoms with E-state index in [1.165, 1.54) is 4.57 Å². The van der Waals surface area contributed by atoms with Crippen LogP contribution in [0.3, 0.4) is 0 Å². The van der Waals surface area contributed by atoms with E-state index in [0.717, 1.165) is 23.6 Å². The summed E-state index contributed by atoms with van der Waals surface area (Å²) in [5.41, 5.74) is 1.88. The lowest BCUT2D eigenvalue weighted by Crippen LogP contribution is -2.19. The average Bonchev–Trinajstić information content (AvgIpc) is 2.72. The van der Waals surface area contributed by atoms with Gasteiger partial charge in [-0.25, -0.2) is 0 Å². The fourth-order valence-electron chi connectivity index (χ4n) is 3.58. The molecule has 0 unspecified atom stereocenters. The minimum atomic E-state index is -0.784. The number of hydrogen-bond acceptors (Lipinski definition) is 5. The number of nitrogens with zero attached hydrogens (tertiary/aromatic N) is 1. The molecular formula is C23H19NO5. The lowest BCUT2D eigenvalue weighted by atomic mass is 10.0. The lowest BCUT2D eigenvalue weighted by Gasteiger charge is -2.17. The van der Waals surface area contributed by atoms with Crippen LogP contribution < -0.4 is 5.43 Å². The zero-order valence-corrected chi connectivity index (χ0v) is 15.9. The molecule has 0 saturated carbocycles. The van der Waals surface area contributed by atoms with Crippen LogP contribution in [0.2, 0.25) is 0 Å². The summed E-state index contributed by atoms with van der Waals surface area (Å²) < 4.78 is 1.22. The second-order valence-corrected chi connectivity index (χ2v) is 7.03. The number of carbonyl (C=O) groups excluding carboxylic acids is 1. The number of fused-ring (bicyclic) bond motifs is 2. The van der Waals surface area contributed by atoms with Gasteiger partial charge in [0.1, 0.15) is 5.52 Å². The Morgan fingerprint density at radius 1 is 0.966 bits per heavy atom. The van der Waals surface area contributed by atoms with E-state index in [0.29, 0.717) is 11.1 Å². The molecule has 0 aliphatic heterocycles. The number of hydrogen-bond donors (Lipinski definition) is 3. The van der Waals surface area contributed by atoms with Gasteiger partial charge in [-0.3, -0.25) is 14.2 Å². The molecule has 0 aliphatic rings. The predicted octanol–water partition coefficient (Wildman–Crippen LogP) is 3.83. The summed E-state index contributed by atoms with van der Waals surface area (Å²) >= 11 is 0. The summed E-state index contributed by atoms with van der Waals surface area (Å²) in [6.45, 7) is 3.80. The van der Waals surface area contributed by atoms with Gasteiger partial charge in [0, 0.05) is 10.9 Å². The van der Waals surface area contributed by atoms with E-state index in [1.807, 2.05) is 19.9 Å². The van der Waals surface area contributed by atoms with Crippen LogP contribution in [-0.4, -0.2) is 25.8 Å². The number of benzene rings is 3. The number of aryl methyl sites for hydroxylation is 2. The van der Waals surface area contributed by atoms with Gasteiger partial charge in [0.2, 0.25) is 5.75 Å². The third-order valence-electron chi connectivity index (χ3n) is 5.12. The van der Waals surface area contributed by atoms with Gasteiger partial charge < -0.3 is 15.3 Å². The van der Waals surface area contributed by atoms with Crippen molar-refractivity contribution in [3.8, 4) is 17.2 Å². The first-order valence-electron chi connectivity index (χ1n) is 9.20. The summed E-state index contributed by atoms with van der Waals surface area (Å²) in [6.07, 6.45) is 0.742. The molecule has 0 amide bonds. The second kappa shape index (κ2) is 6.67.